The van der Waals surface area contributed by atoms with Gasteiger partial charge in [-0.25, -0.2) is 0 Å². The van der Waals surface area contributed by atoms with Crippen molar-refractivity contribution in [1.29, 1.82) is 0 Å². The minimum Gasteiger partial charge on any atom is -0.497 e. The number of methoxy groups -OCH3 is 2. The molecule has 0 aliphatic carbocycles. The van der Waals surface area contributed by atoms with Gasteiger partial charge in [0.15, 0.2) is 0 Å². The highest BCUT2D eigenvalue weighted by molar-refractivity contribution is 5.94. The third kappa shape index (κ3) is 2.99. The molecule has 1 aliphatic heterocycles. The number of hydrogen-bond acceptors (Lipinski definition) is 4. The van der Waals surface area contributed by atoms with E-state index in [0.717, 1.165) is 36.4 Å². The Bertz CT molecular complexity index is 688. The standard InChI is InChI=1S/C18H20N2O3/c1-22-14-7-8-15(17(11-14)23-2)16-6-4-10-20(16)18(21)13-5-3-9-19-12-13/h3,5,7-9,11-12,16H,4,6,10H2,1-2H3/t16-/m0/s1. The molecule has 2 heterocycles. The molecule has 0 N–H and O–H groups in total. The summed E-state index contributed by atoms with van der Waals surface area (Å²) in [7, 11) is 3.27. The van der Waals surface area contributed by atoms with Gasteiger partial charge < -0.3 is 14.4 Å². The molecule has 1 atom stereocenters. The minimum atomic E-state index is 0.0125. The third-order valence-electron chi connectivity index (χ3n) is 4.22. The lowest BCUT2D eigenvalue weighted by atomic mass is 10.0. The van der Waals surface area contributed by atoms with E-state index in [4.69, 9.17) is 9.47 Å². The van der Waals surface area contributed by atoms with E-state index in [-0.39, 0.29) is 11.9 Å². The lowest BCUT2D eigenvalue weighted by Gasteiger charge is -2.26. The van der Waals surface area contributed by atoms with Gasteiger partial charge in [-0.2, -0.15) is 0 Å². The van der Waals surface area contributed by atoms with Crippen molar-refractivity contribution in [3.05, 3.63) is 53.9 Å². The summed E-state index contributed by atoms with van der Waals surface area (Å²) in [6.07, 6.45) is 5.19. The molecule has 2 aromatic rings. The Hall–Kier alpha value is -2.56. The Morgan fingerprint density at radius 2 is 2.13 bits per heavy atom. The molecule has 5 heteroatoms. The number of amides is 1. The van der Waals surface area contributed by atoms with Crippen molar-refractivity contribution in [1.82, 2.24) is 9.88 Å². The summed E-state index contributed by atoms with van der Waals surface area (Å²) >= 11 is 0. The van der Waals surface area contributed by atoms with Gasteiger partial charge in [-0.05, 0) is 37.1 Å². The van der Waals surface area contributed by atoms with Gasteiger partial charge in [0.05, 0.1) is 25.8 Å². The highest BCUT2D eigenvalue weighted by atomic mass is 16.5. The Kier molecular flexibility index (Phi) is 4.46. The van der Waals surface area contributed by atoms with E-state index in [9.17, 15) is 4.79 Å². The zero-order valence-corrected chi connectivity index (χ0v) is 13.4. The maximum absolute atomic E-state index is 12.8. The van der Waals surface area contributed by atoms with Crippen LogP contribution in [-0.4, -0.2) is 36.6 Å². The number of pyridine rings is 1. The van der Waals surface area contributed by atoms with E-state index in [2.05, 4.69) is 4.98 Å². The third-order valence-corrected chi connectivity index (χ3v) is 4.22. The lowest BCUT2D eigenvalue weighted by molar-refractivity contribution is 0.0733. The quantitative estimate of drug-likeness (QED) is 0.870. The second-order valence-corrected chi connectivity index (χ2v) is 5.51. The predicted octanol–water partition coefficient (Wildman–Crippen LogP) is 3.08. The first-order valence-electron chi connectivity index (χ1n) is 7.67. The van der Waals surface area contributed by atoms with E-state index in [1.54, 1.807) is 38.7 Å². The summed E-state index contributed by atoms with van der Waals surface area (Å²) in [6, 6.07) is 9.35. The van der Waals surface area contributed by atoms with Gasteiger partial charge in [-0.3, -0.25) is 9.78 Å². The molecule has 1 aliphatic rings. The van der Waals surface area contributed by atoms with Crippen molar-refractivity contribution in [3.8, 4) is 11.5 Å². The number of hydrogen-bond donors (Lipinski definition) is 0. The number of aromatic nitrogens is 1. The fraction of sp³-hybridized carbons (Fsp3) is 0.333. The van der Waals surface area contributed by atoms with E-state index in [1.807, 2.05) is 23.1 Å². The topological polar surface area (TPSA) is 51.7 Å². The minimum absolute atomic E-state index is 0.0125. The normalized spacial score (nSPS) is 17.1. The molecule has 1 amide bonds. The maximum atomic E-state index is 12.8. The summed E-state index contributed by atoms with van der Waals surface area (Å²) in [4.78, 5) is 18.7. The van der Waals surface area contributed by atoms with Gasteiger partial charge in [0.25, 0.3) is 5.91 Å². The van der Waals surface area contributed by atoms with Crippen LogP contribution in [0.5, 0.6) is 11.5 Å². The van der Waals surface area contributed by atoms with Crippen molar-refractivity contribution in [2.45, 2.75) is 18.9 Å². The number of ether oxygens (including phenoxy) is 2. The zero-order chi connectivity index (χ0) is 16.2. The van der Waals surface area contributed by atoms with Gasteiger partial charge in [0, 0.05) is 30.6 Å². The SMILES string of the molecule is COc1ccc([C@@H]2CCCN2C(=O)c2cccnc2)c(OC)c1. The fourth-order valence-electron chi connectivity index (χ4n) is 3.08. The molecule has 1 aromatic carbocycles. The molecule has 1 fully saturated rings. The van der Waals surface area contributed by atoms with Gasteiger partial charge in [-0.15, -0.1) is 0 Å². The van der Waals surface area contributed by atoms with E-state index in [0.29, 0.717) is 5.56 Å². The van der Waals surface area contributed by atoms with Crippen LogP contribution in [0.1, 0.15) is 34.8 Å². The molecule has 0 bridgehead atoms. The second-order valence-electron chi connectivity index (χ2n) is 5.51. The molecule has 5 nitrogen and oxygen atoms in total. The van der Waals surface area contributed by atoms with Crippen molar-refractivity contribution >= 4 is 5.91 Å². The van der Waals surface area contributed by atoms with Crippen LogP contribution < -0.4 is 9.47 Å². The zero-order valence-electron chi connectivity index (χ0n) is 13.4. The first kappa shape index (κ1) is 15.3. The Labute approximate surface area is 135 Å². The van der Waals surface area contributed by atoms with Gasteiger partial charge in [0.2, 0.25) is 0 Å². The molecule has 0 unspecified atom stereocenters. The highest BCUT2D eigenvalue weighted by Gasteiger charge is 2.32. The van der Waals surface area contributed by atoms with Crippen LogP contribution in [0.4, 0.5) is 0 Å². The van der Waals surface area contributed by atoms with Gasteiger partial charge in [-0.1, -0.05) is 0 Å². The van der Waals surface area contributed by atoms with Crippen LogP contribution in [0.3, 0.4) is 0 Å². The molecule has 120 valence electrons. The molecule has 0 radical (unpaired) electrons. The largest absolute Gasteiger partial charge is 0.497 e. The van der Waals surface area contributed by atoms with Gasteiger partial charge in [0.1, 0.15) is 11.5 Å². The van der Waals surface area contributed by atoms with Crippen LogP contribution in [-0.2, 0) is 0 Å². The number of carbonyl (C=O) groups excluding carboxylic acids is 1. The van der Waals surface area contributed by atoms with Crippen LogP contribution >= 0.6 is 0 Å². The number of carbonyl (C=O) groups is 1. The predicted molar refractivity (Wildman–Crippen MR) is 86.8 cm³/mol. The second kappa shape index (κ2) is 6.69. The fourth-order valence-corrected chi connectivity index (χ4v) is 3.08. The smallest absolute Gasteiger partial charge is 0.255 e. The molecule has 1 aromatic heterocycles. The first-order valence-corrected chi connectivity index (χ1v) is 7.67. The monoisotopic (exact) mass is 312 g/mol. The Balaban J connectivity index is 1.91. The summed E-state index contributed by atoms with van der Waals surface area (Å²) in [5, 5.41) is 0. The molecule has 0 spiro atoms. The van der Waals surface area contributed by atoms with Gasteiger partial charge >= 0.3 is 0 Å². The molecule has 3 rings (SSSR count). The van der Waals surface area contributed by atoms with E-state index >= 15 is 0 Å². The van der Waals surface area contributed by atoms with E-state index in [1.165, 1.54) is 0 Å². The number of likely N-dealkylation sites (tertiary alicyclic amines) is 1. The maximum Gasteiger partial charge on any atom is 0.255 e. The lowest BCUT2D eigenvalue weighted by Crippen LogP contribution is -2.30. The number of nitrogens with zero attached hydrogens (tertiary/aromatic N) is 2. The summed E-state index contributed by atoms with van der Waals surface area (Å²) in [5.74, 6) is 1.51. The number of benzene rings is 1. The Morgan fingerprint density at radius 1 is 1.26 bits per heavy atom. The van der Waals surface area contributed by atoms with Crippen LogP contribution in [0.25, 0.3) is 0 Å². The van der Waals surface area contributed by atoms with Crippen LogP contribution in [0, 0.1) is 0 Å². The summed E-state index contributed by atoms with van der Waals surface area (Å²) < 4.78 is 10.8. The molecular formula is C18H20N2O3. The van der Waals surface area contributed by atoms with Crippen molar-refractivity contribution < 1.29 is 14.3 Å². The number of rotatable bonds is 4. The summed E-state index contributed by atoms with van der Waals surface area (Å²) in [5.41, 5.74) is 1.63. The average molecular weight is 312 g/mol. The average Bonchev–Trinajstić information content (AvgIpc) is 3.10. The van der Waals surface area contributed by atoms with Crippen molar-refractivity contribution in [3.63, 3.8) is 0 Å². The molecule has 1 saturated heterocycles. The highest BCUT2D eigenvalue weighted by Crippen LogP contribution is 2.39. The Morgan fingerprint density at radius 3 is 2.83 bits per heavy atom. The first-order chi connectivity index (χ1) is 11.2. The summed E-state index contributed by atoms with van der Waals surface area (Å²) in [6.45, 7) is 0.744. The van der Waals surface area contributed by atoms with Crippen molar-refractivity contribution in [2.24, 2.45) is 0 Å². The molecule has 0 saturated carbocycles. The van der Waals surface area contributed by atoms with Crippen molar-refractivity contribution in [2.75, 3.05) is 20.8 Å². The van der Waals surface area contributed by atoms with E-state index < -0.39 is 0 Å². The van der Waals surface area contributed by atoms with Crippen LogP contribution in [0.15, 0.2) is 42.7 Å². The molecule has 23 heavy (non-hydrogen) atoms. The molecular weight excluding hydrogens is 292 g/mol. The van der Waals surface area contributed by atoms with Crippen LogP contribution in [0.2, 0.25) is 0 Å².